The Balaban J connectivity index is 3.09. The van der Waals surface area contributed by atoms with Crippen LogP contribution in [0.1, 0.15) is 20.3 Å². The Bertz CT molecular complexity index is 651. The van der Waals surface area contributed by atoms with E-state index in [1.54, 1.807) is 0 Å². The zero-order valence-electron chi connectivity index (χ0n) is 10.4. The van der Waals surface area contributed by atoms with E-state index >= 15 is 0 Å². The summed E-state index contributed by atoms with van der Waals surface area (Å²) in [6, 6.07) is 0.839. The van der Waals surface area contributed by atoms with E-state index in [0.717, 1.165) is 6.07 Å². The molecule has 1 aromatic heterocycles. The number of carboxylic acids is 1. The fourth-order valence-corrected chi connectivity index (χ4v) is 4.50. The minimum atomic E-state index is -4.08. The van der Waals surface area contributed by atoms with Crippen LogP contribution in [-0.4, -0.2) is 30.0 Å². The van der Waals surface area contributed by atoms with Gasteiger partial charge in [-0.15, -0.1) is 11.3 Å². The molecule has 1 rings (SSSR count). The van der Waals surface area contributed by atoms with Gasteiger partial charge in [0.2, 0.25) is 0 Å². The molecule has 0 aliphatic heterocycles. The van der Waals surface area contributed by atoms with Crippen LogP contribution in [0.2, 0.25) is 4.34 Å². The largest absolute Gasteiger partial charge is 0.481 e. The number of thiophene rings is 1. The molecule has 0 atom stereocenters. The number of nitro groups is 1. The highest BCUT2D eigenvalue weighted by molar-refractivity contribution is 7.91. The van der Waals surface area contributed by atoms with Crippen molar-refractivity contribution in [2.24, 2.45) is 0 Å². The SMILES string of the molecule is CC(C)(CC(=O)O)NS(=O)(=O)c1cc([N+](=O)[O-])c(Cl)s1. The van der Waals surface area contributed by atoms with Crippen LogP contribution in [-0.2, 0) is 14.8 Å². The molecule has 0 bridgehead atoms. The van der Waals surface area contributed by atoms with Gasteiger partial charge in [0.05, 0.1) is 11.3 Å². The van der Waals surface area contributed by atoms with E-state index in [1.807, 2.05) is 0 Å². The summed E-state index contributed by atoms with van der Waals surface area (Å²) < 4.78 is 25.7. The first kappa shape index (κ1) is 16.8. The van der Waals surface area contributed by atoms with Crippen molar-refractivity contribution in [2.75, 3.05) is 0 Å². The Morgan fingerprint density at radius 2 is 2.15 bits per heavy atom. The molecule has 8 nitrogen and oxygen atoms in total. The van der Waals surface area contributed by atoms with Gasteiger partial charge in [-0.1, -0.05) is 11.6 Å². The molecule has 112 valence electrons. The van der Waals surface area contributed by atoms with E-state index in [2.05, 4.69) is 4.72 Å². The highest BCUT2D eigenvalue weighted by Gasteiger charge is 2.32. The first-order chi connectivity index (χ1) is 8.94. The molecule has 0 radical (unpaired) electrons. The van der Waals surface area contributed by atoms with Gasteiger partial charge in [-0.05, 0) is 13.8 Å². The summed E-state index contributed by atoms with van der Waals surface area (Å²) in [5.74, 6) is -1.17. The average molecular weight is 343 g/mol. The van der Waals surface area contributed by atoms with Gasteiger partial charge < -0.3 is 5.11 Å². The Labute approximate surface area is 123 Å². The van der Waals surface area contributed by atoms with Gasteiger partial charge in [-0.25, -0.2) is 13.1 Å². The van der Waals surface area contributed by atoms with Crippen LogP contribution >= 0.6 is 22.9 Å². The van der Waals surface area contributed by atoms with Gasteiger partial charge in [0.1, 0.15) is 4.21 Å². The number of hydrogen-bond donors (Lipinski definition) is 2. The van der Waals surface area contributed by atoms with Crippen molar-refractivity contribution in [2.45, 2.75) is 30.0 Å². The Kier molecular flexibility index (Phi) is 4.74. The number of halogens is 1. The quantitative estimate of drug-likeness (QED) is 0.600. The Morgan fingerprint density at radius 1 is 1.60 bits per heavy atom. The van der Waals surface area contributed by atoms with Crippen LogP contribution < -0.4 is 4.72 Å². The number of nitrogens with one attached hydrogen (secondary N) is 1. The van der Waals surface area contributed by atoms with Gasteiger partial charge in [-0.2, -0.15) is 0 Å². The van der Waals surface area contributed by atoms with E-state index in [9.17, 15) is 23.3 Å². The number of sulfonamides is 1. The Morgan fingerprint density at radius 3 is 2.55 bits per heavy atom. The fourth-order valence-electron chi connectivity index (χ4n) is 1.42. The molecular formula is C9H11ClN2O6S2. The first-order valence-corrected chi connectivity index (χ1v) is 7.82. The minimum Gasteiger partial charge on any atom is -0.481 e. The molecule has 0 unspecified atom stereocenters. The molecule has 0 fully saturated rings. The lowest BCUT2D eigenvalue weighted by molar-refractivity contribution is -0.384. The second kappa shape index (κ2) is 5.64. The standard InChI is InChI=1S/C9H11ClN2O6S2/c1-9(2,4-6(13)14)11-20(17,18)7-3-5(12(15)16)8(10)19-7/h3,11H,4H2,1-2H3,(H,13,14). The van der Waals surface area contributed by atoms with Gasteiger partial charge >= 0.3 is 5.97 Å². The van der Waals surface area contributed by atoms with Crippen LogP contribution in [0.5, 0.6) is 0 Å². The summed E-state index contributed by atoms with van der Waals surface area (Å²) >= 11 is 6.13. The zero-order valence-corrected chi connectivity index (χ0v) is 12.8. The molecule has 0 saturated carbocycles. The predicted octanol–water partition coefficient (Wildman–Crippen LogP) is 1.84. The molecule has 0 saturated heterocycles. The van der Waals surface area contributed by atoms with Crippen LogP contribution in [0, 0.1) is 10.1 Å². The zero-order chi connectivity index (χ0) is 15.7. The fraction of sp³-hybridized carbons (Fsp3) is 0.444. The second-order valence-electron chi connectivity index (χ2n) is 4.54. The van der Waals surface area contributed by atoms with Crippen molar-refractivity contribution in [1.29, 1.82) is 0 Å². The molecule has 11 heteroatoms. The number of carbonyl (C=O) groups is 1. The van der Waals surface area contributed by atoms with Crippen molar-refractivity contribution in [3.05, 3.63) is 20.5 Å². The molecule has 2 N–H and O–H groups in total. The molecule has 1 heterocycles. The Hall–Kier alpha value is -1.23. The smallest absolute Gasteiger partial charge is 0.305 e. The van der Waals surface area contributed by atoms with E-state index in [-0.39, 0.29) is 8.55 Å². The second-order valence-corrected chi connectivity index (χ2v) is 8.10. The number of carboxylic acid groups (broad SMARTS) is 1. The average Bonchev–Trinajstić information content (AvgIpc) is 2.56. The van der Waals surface area contributed by atoms with Crippen LogP contribution in [0.3, 0.4) is 0 Å². The summed E-state index contributed by atoms with van der Waals surface area (Å²) in [6.07, 6.45) is -0.437. The number of rotatable bonds is 6. The summed E-state index contributed by atoms with van der Waals surface area (Å²) in [4.78, 5) is 20.5. The number of nitrogens with zero attached hydrogens (tertiary/aromatic N) is 1. The molecule has 0 amide bonds. The van der Waals surface area contributed by atoms with E-state index in [4.69, 9.17) is 16.7 Å². The topological polar surface area (TPSA) is 127 Å². The summed E-state index contributed by atoms with van der Waals surface area (Å²) in [5.41, 5.74) is -1.75. The maximum absolute atomic E-state index is 12.0. The van der Waals surface area contributed by atoms with Gasteiger partial charge in [0, 0.05) is 11.6 Å². The van der Waals surface area contributed by atoms with Gasteiger partial charge in [0.15, 0.2) is 4.34 Å². The molecule has 20 heavy (non-hydrogen) atoms. The summed E-state index contributed by atoms with van der Waals surface area (Å²) in [5, 5.41) is 19.3. The molecule has 0 aromatic carbocycles. The molecule has 0 spiro atoms. The molecule has 1 aromatic rings. The summed E-state index contributed by atoms with van der Waals surface area (Å²) in [6.45, 7) is 2.78. The third-order valence-corrected chi connectivity index (χ3v) is 5.62. The summed E-state index contributed by atoms with van der Waals surface area (Å²) in [7, 11) is -4.08. The van der Waals surface area contributed by atoms with Crippen molar-refractivity contribution in [3.8, 4) is 0 Å². The lowest BCUT2D eigenvalue weighted by Crippen LogP contribution is -2.44. The van der Waals surface area contributed by atoms with E-state index < -0.39 is 38.6 Å². The number of hydrogen-bond acceptors (Lipinski definition) is 6. The van der Waals surface area contributed by atoms with Crippen molar-refractivity contribution < 1.29 is 23.2 Å². The third-order valence-electron chi connectivity index (χ3n) is 2.11. The maximum atomic E-state index is 12.0. The van der Waals surface area contributed by atoms with Crippen LogP contribution in [0.25, 0.3) is 0 Å². The minimum absolute atomic E-state index is 0.258. The van der Waals surface area contributed by atoms with Gasteiger partial charge in [-0.3, -0.25) is 14.9 Å². The lowest BCUT2D eigenvalue weighted by Gasteiger charge is -2.23. The molecule has 0 aliphatic rings. The third kappa shape index (κ3) is 4.13. The molecule has 0 aliphatic carbocycles. The van der Waals surface area contributed by atoms with Crippen molar-refractivity contribution >= 4 is 44.6 Å². The number of aliphatic carboxylic acids is 1. The normalized spacial score (nSPS) is 12.3. The highest BCUT2D eigenvalue weighted by Crippen LogP contribution is 2.36. The monoisotopic (exact) mass is 342 g/mol. The highest BCUT2D eigenvalue weighted by atomic mass is 35.5. The van der Waals surface area contributed by atoms with Crippen molar-refractivity contribution in [3.63, 3.8) is 0 Å². The first-order valence-electron chi connectivity index (χ1n) is 5.14. The van der Waals surface area contributed by atoms with Gasteiger partial charge in [0.25, 0.3) is 15.7 Å². The predicted molar refractivity (Wildman–Crippen MR) is 72.6 cm³/mol. The van der Waals surface area contributed by atoms with Crippen LogP contribution in [0.4, 0.5) is 5.69 Å². The molecular weight excluding hydrogens is 332 g/mol. The lowest BCUT2D eigenvalue weighted by atomic mass is 10.0. The van der Waals surface area contributed by atoms with E-state index in [1.165, 1.54) is 13.8 Å². The van der Waals surface area contributed by atoms with Crippen molar-refractivity contribution in [1.82, 2.24) is 4.72 Å². The van der Waals surface area contributed by atoms with Crippen LogP contribution in [0.15, 0.2) is 10.3 Å². The van der Waals surface area contributed by atoms with E-state index in [0.29, 0.717) is 11.3 Å². The maximum Gasteiger partial charge on any atom is 0.305 e.